The van der Waals surface area contributed by atoms with Crippen LogP contribution in [0.15, 0.2) is 47.9 Å². The summed E-state index contributed by atoms with van der Waals surface area (Å²) < 4.78 is 5.33. The van der Waals surface area contributed by atoms with E-state index in [-0.39, 0.29) is 5.78 Å². The zero-order chi connectivity index (χ0) is 12.8. The van der Waals surface area contributed by atoms with Gasteiger partial charge < -0.3 is 4.74 Å². The van der Waals surface area contributed by atoms with Crippen molar-refractivity contribution in [2.24, 2.45) is 0 Å². The van der Waals surface area contributed by atoms with Crippen LogP contribution < -0.4 is 4.74 Å². The third-order valence-electron chi connectivity index (χ3n) is 2.39. The van der Waals surface area contributed by atoms with E-state index < -0.39 is 0 Å². The smallest absolute Gasteiger partial charge is 0.185 e. The lowest BCUT2D eigenvalue weighted by Crippen LogP contribution is -1.95. The SMILES string of the molecule is CCOc1ccc(C(=O)/C=C/c2cccs2)cc1. The Morgan fingerprint density at radius 3 is 2.67 bits per heavy atom. The molecule has 0 aliphatic rings. The van der Waals surface area contributed by atoms with Gasteiger partial charge in [0, 0.05) is 10.4 Å². The second-order valence-corrected chi connectivity index (χ2v) is 4.65. The van der Waals surface area contributed by atoms with Crippen molar-refractivity contribution in [3.8, 4) is 5.75 Å². The molecule has 2 nitrogen and oxygen atoms in total. The Morgan fingerprint density at radius 2 is 2.06 bits per heavy atom. The first-order valence-electron chi connectivity index (χ1n) is 5.78. The molecule has 0 radical (unpaired) electrons. The number of hydrogen-bond acceptors (Lipinski definition) is 3. The van der Waals surface area contributed by atoms with Gasteiger partial charge in [-0.1, -0.05) is 6.07 Å². The molecular weight excluding hydrogens is 244 g/mol. The second-order valence-electron chi connectivity index (χ2n) is 3.67. The number of carbonyl (C=O) groups excluding carboxylic acids is 1. The third kappa shape index (κ3) is 3.31. The molecule has 0 unspecified atom stereocenters. The summed E-state index contributed by atoms with van der Waals surface area (Å²) in [7, 11) is 0. The van der Waals surface area contributed by atoms with Gasteiger partial charge in [-0.3, -0.25) is 4.79 Å². The lowest BCUT2D eigenvalue weighted by atomic mass is 10.1. The minimum Gasteiger partial charge on any atom is -0.494 e. The zero-order valence-electron chi connectivity index (χ0n) is 10.1. The Morgan fingerprint density at radius 1 is 1.28 bits per heavy atom. The molecule has 0 spiro atoms. The molecule has 1 heterocycles. The van der Waals surface area contributed by atoms with Crippen molar-refractivity contribution in [1.29, 1.82) is 0 Å². The molecule has 18 heavy (non-hydrogen) atoms. The Labute approximate surface area is 111 Å². The first-order chi connectivity index (χ1) is 8.79. The normalized spacial score (nSPS) is 10.7. The molecule has 2 aromatic rings. The number of benzene rings is 1. The number of ketones is 1. The fraction of sp³-hybridized carbons (Fsp3) is 0.133. The summed E-state index contributed by atoms with van der Waals surface area (Å²) in [4.78, 5) is 13.0. The van der Waals surface area contributed by atoms with Crippen molar-refractivity contribution in [2.75, 3.05) is 6.61 Å². The highest BCUT2D eigenvalue weighted by atomic mass is 32.1. The van der Waals surface area contributed by atoms with Gasteiger partial charge in [-0.05, 0) is 54.8 Å². The molecule has 3 heteroatoms. The van der Waals surface area contributed by atoms with Gasteiger partial charge in [-0.25, -0.2) is 0 Å². The lowest BCUT2D eigenvalue weighted by Gasteiger charge is -2.02. The Balaban J connectivity index is 2.04. The Bertz CT molecular complexity index is 524. The summed E-state index contributed by atoms with van der Waals surface area (Å²) in [5.74, 6) is 0.794. The highest BCUT2D eigenvalue weighted by Gasteiger charge is 2.01. The van der Waals surface area contributed by atoms with E-state index in [1.54, 1.807) is 29.5 Å². The maximum atomic E-state index is 11.9. The Hall–Kier alpha value is -1.87. The fourth-order valence-corrected chi connectivity index (χ4v) is 2.14. The summed E-state index contributed by atoms with van der Waals surface area (Å²) in [6, 6.07) is 11.1. The summed E-state index contributed by atoms with van der Waals surface area (Å²) in [5.41, 5.74) is 0.672. The van der Waals surface area contributed by atoms with Gasteiger partial charge in [0.2, 0.25) is 0 Å². The zero-order valence-corrected chi connectivity index (χ0v) is 10.9. The largest absolute Gasteiger partial charge is 0.494 e. The maximum Gasteiger partial charge on any atom is 0.185 e. The van der Waals surface area contributed by atoms with Crippen molar-refractivity contribution >= 4 is 23.2 Å². The monoisotopic (exact) mass is 258 g/mol. The molecule has 1 aromatic heterocycles. The van der Waals surface area contributed by atoms with Crippen molar-refractivity contribution in [3.05, 3.63) is 58.3 Å². The van der Waals surface area contributed by atoms with E-state index in [2.05, 4.69) is 0 Å². The van der Waals surface area contributed by atoms with Gasteiger partial charge in [0.1, 0.15) is 5.75 Å². The van der Waals surface area contributed by atoms with Crippen molar-refractivity contribution in [2.45, 2.75) is 6.92 Å². The van der Waals surface area contributed by atoms with E-state index in [1.165, 1.54) is 0 Å². The van der Waals surface area contributed by atoms with Gasteiger partial charge in [-0.2, -0.15) is 0 Å². The molecule has 2 rings (SSSR count). The molecule has 1 aromatic carbocycles. The van der Waals surface area contributed by atoms with Crippen LogP contribution in [0.2, 0.25) is 0 Å². The quantitative estimate of drug-likeness (QED) is 0.597. The van der Waals surface area contributed by atoms with Crippen LogP contribution >= 0.6 is 11.3 Å². The van der Waals surface area contributed by atoms with Crippen molar-refractivity contribution in [3.63, 3.8) is 0 Å². The standard InChI is InChI=1S/C15H14O2S/c1-2-17-13-7-5-12(6-8-13)15(16)10-9-14-4-3-11-18-14/h3-11H,2H2,1H3/b10-9+. The summed E-state index contributed by atoms with van der Waals surface area (Å²) >= 11 is 1.61. The minimum absolute atomic E-state index is 0.00597. The average Bonchev–Trinajstić information content (AvgIpc) is 2.90. The molecule has 0 fully saturated rings. The van der Waals surface area contributed by atoms with E-state index >= 15 is 0 Å². The van der Waals surface area contributed by atoms with E-state index in [0.717, 1.165) is 10.6 Å². The Kier molecular flexibility index (Phi) is 4.31. The third-order valence-corrected chi connectivity index (χ3v) is 3.23. The van der Waals surface area contributed by atoms with E-state index in [4.69, 9.17) is 4.74 Å². The van der Waals surface area contributed by atoms with Crippen LogP contribution in [-0.2, 0) is 0 Å². The second kappa shape index (κ2) is 6.17. The molecule has 0 bridgehead atoms. The number of thiophene rings is 1. The summed E-state index contributed by atoms with van der Waals surface area (Å²) in [6.45, 7) is 2.56. The van der Waals surface area contributed by atoms with Gasteiger partial charge >= 0.3 is 0 Å². The first-order valence-corrected chi connectivity index (χ1v) is 6.66. The predicted octanol–water partition coefficient (Wildman–Crippen LogP) is 4.04. The molecule has 0 aliphatic carbocycles. The van der Waals surface area contributed by atoms with Crippen molar-refractivity contribution in [1.82, 2.24) is 0 Å². The number of allylic oxidation sites excluding steroid dienone is 1. The number of carbonyl (C=O) groups is 1. The molecule has 0 N–H and O–H groups in total. The van der Waals surface area contributed by atoms with Crippen LogP contribution in [-0.4, -0.2) is 12.4 Å². The topological polar surface area (TPSA) is 26.3 Å². The van der Waals surface area contributed by atoms with E-state index in [9.17, 15) is 4.79 Å². The van der Waals surface area contributed by atoms with E-state index in [0.29, 0.717) is 12.2 Å². The van der Waals surface area contributed by atoms with Gasteiger partial charge in [-0.15, -0.1) is 11.3 Å². The number of rotatable bonds is 5. The average molecular weight is 258 g/mol. The van der Waals surface area contributed by atoms with Crippen LogP contribution in [0.5, 0.6) is 5.75 Å². The maximum absolute atomic E-state index is 11.9. The van der Waals surface area contributed by atoms with Crippen molar-refractivity contribution < 1.29 is 9.53 Å². The highest BCUT2D eigenvalue weighted by Crippen LogP contribution is 2.14. The summed E-state index contributed by atoms with van der Waals surface area (Å²) in [5, 5.41) is 1.99. The van der Waals surface area contributed by atoms with Gasteiger partial charge in [0.25, 0.3) is 0 Å². The molecule has 92 valence electrons. The van der Waals surface area contributed by atoms with Crippen LogP contribution in [0.25, 0.3) is 6.08 Å². The molecule has 0 atom stereocenters. The van der Waals surface area contributed by atoms with Gasteiger partial charge in [0.05, 0.1) is 6.61 Å². The van der Waals surface area contributed by atoms with Crippen LogP contribution in [0.3, 0.4) is 0 Å². The fourth-order valence-electron chi connectivity index (χ4n) is 1.52. The molecule has 0 saturated carbocycles. The molecular formula is C15H14O2S. The highest BCUT2D eigenvalue weighted by molar-refractivity contribution is 7.10. The van der Waals surface area contributed by atoms with Crippen LogP contribution in [0.1, 0.15) is 22.2 Å². The van der Waals surface area contributed by atoms with Crippen LogP contribution in [0, 0.1) is 0 Å². The first kappa shape index (κ1) is 12.6. The predicted molar refractivity (Wildman–Crippen MR) is 75.3 cm³/mol. The lowest BCUT2D eigenvalue weighted by molar-refractivity contribution is 0.104. The molecule has 0 saturated heterocycles. The number of ether oxygens (including phenoxy) is 1. The van der Waals surface area contributed by atoms with Gasteiger partial charge in [0.15, 0.2) is 5.78 Å². The van der Waals surface area contributed by atoms with Crippen LogP contribution in [0.4, 0.5) is 0 Å². The summed E-state index contributed by atoms with van der Waals surface area (Å²) in [6.07, 6.45) is 3.44. The van der Waals surface area contributed by atoms with E-state index in [1.807, 2.05) is 42.6 Å². The number of hydrogen-bond donors (Lipinski definition) is 0. The minimum atomic E-state index is 0.00597. The molecule has 0 aliphatic heterocycles. The molecule has 0 amide bonds.